The van der Waals surface area contributed by atoms with Gasteiger partial charge in [-0.05, 0) is 46.1 Å². The second-order valence-corrected chi connectivity index (χ2v) is 6.80. The average Bonchev–Trinajstić information content (AvgIpc) is 2.89. The Morgan fingerprint density at radius 1 is 1.27 bits per heavy atom. The molecule has 1 unspecified atom stereocenters. The number of hydrogen-bond acceptors (Lipinski definition) is 3. The summed E-state index contributed by atoms with van der Waals surface area (Å²) in [5.74, 6) is 0. The van der Waals surface area contributed by atoms with Gasteiger partial charge in [-0.2, -0.15) is 5.10 Å². The molecular formula is C17H23N3O2. The Morgan fingerprint density at radius 2 is 2.05 bits per heavy atom. The minimum absolute atomic E-state index is 0.0662. The molecule has 1 aliphatic rings. The van der Waals surface area contributed by atoms with Crippen molar-refractivity contribution in [1.82, 2.24) is 14.7 Å². The molecule has 0 N–H and O–H groups in total. The minimum atomic E-state index is -0.481. The Balaban J connectivity index is 1.91. The first-order chi connectivity index (χ1) is 10.5. The van der Waals surface area contributed by atoms with Crippen molar-refractivity contribution in [2.75, 3.05) is 6.54 Å². The first-order valence-corrected chi connectivity index (χ1v) is 7.87. The summed E-state index contributed by atoms with van der Waals surface area (Å²) in [6.07, 6.45) is 4.55. The molecule has 1 fully saturated rings. The van der Waals surface area contributed by atoms with E-state index in [1.165, 1.54) is 0 Å². The molecule has 0 radical (unpaired) electrons. The van der Waals surface area contributed by atoms with Gasteiger partial charge in [-0.3, -0.25) is 4.90 Å². The van der Waals surface area contributed by atoms with E-state index >= 15 is 0 Å². The molecule has 0 bridgehead atoms. The first kappa shape index (κ1) is 14.9. The maximum atomic E-state index is 12.5. The van der Waals surface area contributed by atoms with Crippen LogP contribution in [0.15, 0.2) is 30.5 Å². The van der Waals surface area contributed by atoms with Gasteiger partial charge in [-0.1, -0.05) is 18.2 Å². The lowest BCUT2D eigenvalue weighted by atomic mass is 10.1. The maximum absolute atomic E-state index is 12.5. The van der Waals surface area contributed by atoms with Gasteiger partial charge in [0.1, 0.15) is 11.8 Å². The summed E-state index contributed by atoms with van der Waals surface area (Å²) in [7, 11) is 0. The van der Waals surface area contributed by atoms with E-state index in [0.717, 1.165) is 30.2 Å². The predicted molar refractivity (Wildman–Crippen MR) is 85.6 cm³/mol. The second-order valence-electron chi connectivity index (χ2n) is 6.80. The van der Waals surface area contributed by atoms with Crippen molar-refractivity contribution < 1.29 is 9.53 Å². The van der Waals surface area contributed by atoms with E-state index in [1.807, 2.05) is 60.8 Å². The van der Waals surface area contributed by atoms with Gasteiger partial charge in [0.05, 0.1) is 11.7 Å². The Kier molecular flexibility index (Phi) is 3.81. The van der Waals surface area contributed by atoms with Crippen LogP contribution < -0.4 is 0 Å². The van der Waals surface area contributed by atoms with Gasteiger partial charge < -0.3 is 4.74 Å². The Hall–Kier alpha value is -2.04. The number of carbonyl (C=O) groups excluding carboxylic acids is 1. The molecule has 5 heteroatoms. The zero-order valence-corrected chi connectivity index (χ0v) is 13.5. The number of piperidine rings is 1. The summed E-state index contributed by atoms with van der Waals surface area (Å²) >= 11 is 0. The van der Waals surface area contributed by atoms with Gasteiger partial charge in [-0.25, -0.2) is 9.48 Å². The fourth-order valence-electron chi connectivity index (χ4n) is 2.93. The maximum Gasteiger partial charge on any atom is 0.411 e. The highest BCUT2D eigenvalue weighted by Gasteiger charge is 2.32. The molecule has 0 saturated carbocycles. The fourth-order valence-corrected chi connectivity index (χ4v) is 2.93. The van der Waals surface area contributed by atoms with Crippen molar-refractivity contribution in [1.29, 1.82) is 0 Å². The molecule has 2 heterocycles. The van der Waals surface area contributed by atoms with Crippen LogP contribution in [0.25, 0.3) is 10.9 Å². The van der Waals surface area contributed by atoms with Crippen LogP contribution in [0.3, 0.4) is 0 Å². The van der Waals surface area contributed by atoms with Gasteiger partial charge in [0, 0.05) is 11.9 Å². The average molecular weight is 301 g/mol. The largest absolute Gasteiger partial charge is 0.444 e. The molecule has 1 saturated heterocycles. The smallest absolute Gasteiger partial charge is 0.411 e. The van der Waals surface area contributed by atoms with Crippen LogP contribution in [-0.4, -0.2) is 32.9 Å². The summed E-state index contributed by atoms with van der Waals surface area (Å²) in [4.78, 5) is 14.3. The number of rotatable bonds is 1. The summed E-state index contributed by atoms with van der Waals surface area (Å²) < 4.78 is 7.52. The third-order valence-electron chi connectivity index (χ3n) is 3.89. The molecule has 1 aromatic carbocycles. The normalized spacial score (nSPS) is 19.4. The number of nitrogens with zero attached hydrogens (tertiary/aromatic N) is 3. The topological polar surface area (TPSA) is 47.4 Å². The number of amides is 1. The molecule has 1 atom stereocenters. The number of para-hydroxylation sites is 1. The lowest BCUT2D eigenvalue weighted by Crippen LogP contribution is -2.44. The molecule has 1 aromatic heterocycles. The van der Waals surface area contributed by atoms with E-state index < -0.39 is 5.60 Å². The molecule has 1 aliphatic heterocycles. The number of hydrogen-bond donors (Lipinski definition) is 0. The van der Waals surface area contributed by atoms with E-state index in [2.05, 4.69) is 5.10 Å². The number of benzene rings is 1. The van der Waals surface area contributed by atoms with Crippen molar-refractivity contribution in [3.05, 3.63) is 30.5 Å². The van der Waals surface area contributed by atoms with Crippen LogP contribution in [0.1, 0.15) is 46.2 Å². The Morgan fingerprint density at radius 3 is 2.82 bits per heavy atom. The standard InChI is InChI=1S/C17H23N3O2/c1-17(2,3)22-16(21)19-11-7-6-10-15(19)20-14-9-5-4-8-13(14)12-18-20/h4-5,8-9,12,15H,6-7,10-11H2,1-3H3. The van der Waals surface area contributed by atoms with Gasteiger partial charge in [-0.15, -0.1) is 0 Å². The van der Waals surface area contributed by atoms with Crippen LogP contribution in [0.4, 0.5) is 4.79 Å². The first-order valence-electron chi connectivity index (χ1n) is 7.87. The van der Waals surface area contributed by atoms with E-state index in [-0.39, 0.29) is 12.3 Å². The molecule has 0 spiro atoms. The Bertz CT molecular complexity index is 672. The predicted octanol–water partition coefficient (Wildman–Crippen LogP) is 3.96. The zero-order chi connectivity index (χ0) is 15.7. The number of likely N-dealkylation sites (tertiary alicyclic amines) is 1. The van der Waals surface area contributed by atoms with E-state index in [1.54, 1.807) is 0 Å². The van der Waals surface area contributed by atoms with Gasteiger partial charge in [0.15, 0.2) is 0 Å². The lowest BCUT2D eigenvalue weighted by Gasteiger charge is -2.37. The van der Waals surface area contributed by atoms with Crippen LogP contribution in [-0.2, 0) is 4.74 Å². The third kappa shape index (κ3) is 2.93. The molecule has 2 aromatic rings. The van der Waals surface area contributed by atoms with E-state index in [0.29, 0.717) is 6.54 Å². The van der Waals surface area contributed by atoms with Gasteiger partial charge in [0.25, 0.3) is 0 Å². The van der Waals surface area contributed by atoms with E-state index in [4.69, 9.17) is 4.74 Å². The number of ether oxygens (including phenoxy) is 1. The SMILES string of the molecule is CC(C)(C)OC(=O)N1CCCCC1n1ncc2ccccc21. The number of fused-ring (bicyclic) bond motifs is 1. The lowest BCUT2D eigenvalue weighted by molar-refractivity contribution is -0.00257. The minimum Gasteiger partial charge on any atom is -0.444 e. The van der Waals surface area contributed by atoms with Crippen molar-refractivity contribution in [3.8, 4) is 0 Å². The van der Waals surface area contributed by atoms with Crippen molar-refractivity contribution >= 4 is 17.0 Å². The molecule has 5 nitrogen and oxygen atoms in total. The van der Waals surface area contributed by atoms with Crippen LogP contribution in [0.2, 0.25) is 0 Å². The highest BCUT2D eigenvalue weighted by molar-refractivity contribution is 5.78. The van der Waals surface area contributed by atoms with Crippen LogP contribution in [0, 0.1) is 0 Å². The quantitative estimate of drug-likeness (QED) is 0.801. The highest BCUT2D eigenvalue weighted by atomic mass is 16.6. The molecule has 1 amide bonds. The molecule has 3 rings (SSSR count). The highest BCUT2D eigenvalue weighted by Crippen LogP contribution is 2.30. The van der Waals surface area contributed by atoms with Gasteiger partial charge in [0.2, 0.25) is 0 Å². The summed E-state index contributed by atoms with van der Waals surface area (Å²) in [6.45, 7) is 6.40. The Labute approximate surface area is 130 Å². The summed E-state index contributed by atoms with van der Waals surface area (Å²) in [6, 6.07) is 8.09. The monoisotopic (exact) mass is 301 g/mol. The van der Waals surface area contributed by atoms with E-state index in [9.17, 15) is 4.79 Å². The van der Waals surface area contributed by atoms with Gasteiger partial charge >= 0.3 is 6.09 Å². The second kappa shape index (κ2) is 5.63. The summed E-state index contributed by atoms with van der Waals surface area (Å²) in [5.41, 5.74) is 0.577. The molecule has 22 heavy (non-hydrogen) atoms. The molecule has 0 aliphatic carbocycles. The molecule has 118 valence electrons. The van der Waals surface area contributed by atoms with Crippen LogP contribution >= 0.6 is 0 Å². The van der Waals surface area contributed by atoms with Crippen molar-refractivity contribution in [2.24, 2.45) is 0 Å². The molecular weight excluding hydrogens is 278 g/mol. The van der Waals surface area contributed by atoms with Crippen molar-refractivity contribution in [3.63, 3.8) is 0 Å². The zero-order valence-electron chi connectivity index (χ0n) is 13.5. The fraction of sp³-hybridized carbons (Fsp3) is 0.529. The number of aromatic nitrogens is 2. The third-order valence-corrected chi connectivity index (χ3v) is 3.89. The van der Waals surface area contributed by atoms with Crippen molar-refractivity contribution in [2.45, 2.75) is 51.8 Å². The number of carbonyl (C=O) groups is 1. The van der Waals surface area contributed by atoms with Crippen LogP contribution in [0.5, 0.6) is 0 Å². The summed E-state index contributed by atoms with van der Waals surface area (Å²) in [5, 5.41) is 5.61.